The van der Waals surface area contributed by atoms with Crippen LogP contribution in [0.1, 0.15) is 6.92 Å². The SMILES string of the molecule is CC1CNCCN1C(=O)N=[N+]=[N-]. The first-order valence-corrected chi connectivity index (χ1v) is 3.82. The molecule has 6 nitrogen and oxygen atoms in total. The Hall–Kier alpha value is -1.26. The summed E-state index contributed by atoms with van der Waals surface area (Å²) >= 11 is 0. The number of carbonyl (C=O) groups is 1. The van der Waals surface area contributed by atoms with Crippen molar-refractivity contribution in [1.29, 1.82) is 0 Å². The number of hydrogen-bond acceptors (Lipinski definition) is 2. The van der Waals surface area contributed by atoms with Crippen LogP contribution in [-0.2, 0) is 0 Å². The van der Waals surface area contributed by atoms with Gasteiger partial charge in [-0.05, 0) is 12.5 Å². The zero-order chi connectivity index (χ0) is 8.97. The fourth-order valence-corrected chi connectivity index (χ4v) is 1.22. The topological polar surface area (TPSA) is 81.1 Å². The van der Waals surface area contributed by atoms with Gasteiger partial charge in [-0.1, -0.05) is 0 Å². The number of amides is 2. The molecule has 2 amide bonds. The summed E-state index contributed by atoms with van der Waals surface area (Å²) < 4.78 is 0. The normalized spacial score (nSPS) is 23.1. The number of azide groups is 1. The molecule has 1 atom stereocenters. The molecule has 1 saturated heterocycles. The van der Waals surface area contributed by atoms with Crippen molar-refractivity contribution in [3.63, 3.8) is 0 Å². The molecule has 6 heteroatoms. The molecule has 1 fully saturated rings. The van der Waals surface area contributed by atoms with Crippen LogP contribution in [0.3, 0.4) is 0 Å². The Balaban J connectivity index is 2.59. The van der Waals surface area contributed by atoms with E-state index >= 15 is 0 Å². The van der Waals surface area contributed by atoms with Crippen molar-refractivity contribution < 1.29 is 4.79 Å². The van der Waals surface area contributed by atoms with Gasteiger partial charge in [0.05, 0.1) is 0 Å². The third-order valence-corrected chi connectivity index (χ3v) is 1.88. The highest BCUT2D eigenvalue weighted by atomic mass is 16.2. The molecule has 66 valence electrons. The van der Waals surface area contributed by atoms with Crippen molar-refractivity contribution in [3.8, 4) is 0 Å². The Morgan fingerprint density at radius 3 is 3.17 bits per heavy atom. The van der Waals surface area contributed by atoms with Crippen molar-refractivity contribution >= 4 is 6.03 Å². The van der Waals surface area contributed by atoms with Gasteiger partial charge in [-0.2, -0.15) is 0 Å². The zero-order valence-corrected chi connectivity index (χ0v) is 6.90. The number of nitrogens with one attached hydrogen (secondary N) is 1. The molecule has 1 unspecified atom stereocenters. The van der Waals surface area contributed by atoms with Crippen LogP contribution >= 0.6 is 0 Å². The van der Waals surface area contributed by atoms with Crippen LogP contribution in [-0.4, -0.2) is 36.6 Å². The van der Waals surface area contributed by atoms with E-state index in [-0.39, 0.29) is 6.04 Å². The van der Waals surface area contributed by atoms with Crippen molar-refractivity contribution in [1.82, 2.24) is 10.2 Å². The highest BCUT2D eigenvalue weighted by molar-refractivity contribution is 5.75. The average Bonchev–Trinajstić information content (AvgIpc) is 2.05. The molecule has 0 radical (unpaired) electrons. The number of urea groups is 1. The van der Waals surface area contributed by atoms with Gasteiger partial charge in [-0.3, -0.25) is 4.79 Å². The molecule has 1 N–H and O–H groups in total. The predicted octanol–water partition coefficient (Wildman–Crippen LogP) is 0.710. The number of hydrogen-bond donors (Lipinski definition) is 1. The van der Waals surface area contributed by atoms with Gasteiger partial charge in [0, 0.05) is 35.7 Å². The number of piperazine rings is 1. The molecule has 0 aromatic rings. The average molecular weight is 169 g/mol. The second kappa shape index (κ2) is 3.94. The minimum absolute atomic E-state index is 0.108. The van der Waals surface area contributed by atoms with E-state index in [2.05, 4.69) is 15.3 Å². The summed E-state index contributed by atoms with van der Waals surface area (Å²) in [6.45, 7) is 4.04. The first kappa shape index (κ1) is 8.83. The van der Waals surface area contributed by atoms with Crippen molar-refractivity contribution in [2.45, 2.75) is 13.0 Å². The Morgan fingerprint density at radius 1 is 1.83 bits per heavy atom. The van der Waals surface area contributed by atoms with Crippen LogP contribution in [0.2, 0.25) is 0 Å². The maximum atomic E-state index is 11.1. The lowest BCUT2D eigenvalue weighted by atomic mass is 10.2. The monoisotopic (exact) mass is 169 g/mol. The van der Waals surface area contributed by atoms with Crippen molar-refractivity contribution in [2.75, 3.05) is 19.6 Å². The molecule has 1 heterocycles. The molecule has 0 saturated carbocycles. The summed E-state index contributed by atoms with van der Waals surface area (Å²) in [5.41, 5.74) is 8.05. The highest BCUT2D eigenvalue weighted by Gasteiger charge is 2.21. The summed E-state index contributed by atoms with van der Waals surface area (Å²) in [6.07, 6.45) is 0. The number of carbonyl (C=O) groups excluding carboxylic acids is 1. The fourth-order valence-electron chi connectivity index (χ4n) is 1.22. The summed E-state index contributed by atoms with van der Waals surface area (Å²) in [6, 6.07) is -0.372. The van der Waals surface area contributed by atoms with Gasteiger partial charge in [0.1, 0.15) is 0 Å². The highest BCUT2D eigenvalue weighted by Crippen LogP contribution is 2.04. The molecule has 0 aromatic heterocycles. The Bertz CT molecular complexity index is 222. The van der Waals surface area contributed by atoms with Gasteiger partial charge in [0.25, 0.3) is 0 Å². The largest absolute Gasteiger partial charge is 0.332 e. The fraction of sp³-hybridized carbons (Fsp3) is 0.833. The standard InChI is InChI=1S/C6H11N5O/c1-5-4-8-2-3-11(5)6(12)9-10-7/h5,8H,2-4H2,1H3. The van der Waals surface area contributed by atoms with Gasteiger partial charge < -0.3 is 10.2 Å². The summed E-state index contributed by atoms with van der Waals surface area (Å²) in [5.74, 6) is 0. The lowest BCUT2D eigenvalue weighted by Gasteiger charge is -2.32. The predicted molar refractivity (Wildman–Crippen MR) is 43.6 cm³/mol. The van der Waals surface area contributed by atoms with E-state index in [0.29, 0.717) is 6.54 Å². The molecule has 1 aliphatic heterocycles. The van der Waals surface area contributed by atoms with Gasteiger partial charge in [-0.15, -0.1) is 0 Å². The van der Waals surface area contributed by atoms with Crippen molar-refractivity contribution in [2.24, 2.45) is 5.11 Å². The molecule has 12 heavy (non-hydrogen) atoms. The molecule has 1 rings (SSSR count). The van der Waals surface area contributed by atoms with Crippen LogP contribution in [0, 0.1) is 0 Å². The summed E-state index contributed by atoms with van der Waals surface area (Å²) in [7, 11) is 0. The van der Waals surface area contributed by atoms with E-state index in [0.717, 1.165) is 13.1 Å². The van der Waals surface area contributed by atoms with Gasteiger partial charge in [0.15, 0.2) is 0 Å². The Labute approximate surface area is 70.2 Å². The van der Waals surface area contributed by atoms with Crippen LogP contribution < -0.4 is 5.32 Å². The first-order valence-electron chi connectivity index (χ1n) is 3.82. The second-order valence-electron chi connectivity index (χ2n) is 2.72. The Morgan fingerprint density at radius 2 is 2.58 bits per heavy atom. The van der Waals surface area contributed by atoms with Crippen LogP contribution in [0.25, 0.3) is 10.4 Å². The molecule has 0 bridgehead atoms. The minimum Gasteiger partial charge on any atom is -0.332 e. The summed E-state index contributed by atoms with van der Waals surface area (Å²) in [4.78, 5) is 15.1. The van der Waals surface area contributed by atoms with Gasteiger partial charge in [0.2, 0.25) is 0 Å². The van der Waals surface area contributed by atoms with E-state index in [4.69, 9.17) is 5.53 Å². The number of rotatable bonds is 0. The van der Waals surface area contributed by atoms with Crippen LogP contribution in [0.15, 0.2) is 5.11 Å². The van der Waals surface area contributed by atoms with E-state index in [1.165, 1.54) is 0 Å². The lowest BCUT2D eigenvalue weighted by Crippen LogP contribution is -2.51. The van der Waals surface area contributed by atoms with Gasteiger partial charge >= 0.3 is 6.03 Å². The summed E-state index contributed by atoms with van der Waals surface area (Å²) in [5, 5.41) is 6.17. The minimum atomic E-state index is -0.480. The number of nitrogens with zero attached hydrogens (tertiary/aromatic N) is 4. The first-order chi connectivity index (χ1) is 5.75. The van der Waals surface area contributed by atoms with Crippen LogP contribution in [0.5, 0.6) is 0 Å². The molecular weight excluding hydrogens is 158 g/mol. The zero-order valence-electron chi connectivity index (χ0n) is 6.90. The lowest BCUT2D eigenvalue weighted by molar-refractivity contribution is 0.173. The Kier molecular flexibility index (Phi) is 2.90. The van der Waals surface area contributed by atoms with Crippen molar-refractivity contribution in [3.05, 3.63) is 10.4 Å². The van der Waals surface area contributed by atoms with E-state index in [9.17, 15) is 4.79 Å². The quantitative estimate of drug-likeness (QED) is 0.329. The molecule has 0 spiro atoms. The maximum absolute atomic E-state index is 11.1. The third kappa shape index (κ3) is 1.87. The van der Waals surface area contributed by atoms with E-state index in [1.807, 2.05) is 6.92 Å². The van der Waals surface area contributed by atoms with E-state index in [1.54, 1.807) is 4.90 Å². The smallest absolute Gasteiger partial charge is 0.311 e. The third-order valence-electron chi connectivity index (χ3n) is 1.88. The molecular formula is C6H11N5O. The maximum Gasteiger partial charge on any atom is 0.311 e. The second-order valence-corrected chi connectivity index (χ2v) is 2.72. The molecule has 0 aliphatic carbocycles. The van der Waals surface area contributed by atoms with E-state index < -0.39 is 6.03 Å². The molecule has 1 aliphatic rings. The molecule has 0 aromatic carbocycles. The van der Waals surface area contributed by atoms with Crippen LogP contribution in [0.4, 0.5) is 4.79 Å². The van der Waals surface area contributed by atoms with Gasteiger partial charge in [-0.25, -0.2) is 0 Å².